The number of aliphatic imine (C=N–C) groups is 1. The maximum Gasteiger partial charge on any atom is 0.416 e. The van der Waals surface area contributed by atoms with Crippen LogP contribution in [0.3, 0.4) is 0 Å². The van der Waals surface area contributed by atoms with Crippen LogP contribution in [-0.4, -0.2) is 54.3 Å². The topological polar surface area (TPSA) is 54.4 Å². The first-order chi connectivity index (χ1) is 15.9. The Hall–Kier alpha value is -3.23. The zero-order valence-corrected chi connectivity index (χ0v) is 19.9. The molecule has 2 aromatic rings. The molecular weight excluding hydrogens is 447 g/mol. The average molecular weight is 476 g/mol. The maximum atomic E-state index is 13.4. The first-order valence-corrected chi connectivity index (χ1v) is 11.1. The van der Waals surface area contributed by atoms with Gasteiger partial charge in [0.2, 0.25) is 5.91 Å². The first kappa shape index (κ1) is 23.9. The number of amides is 1. The molecule has 0 N–H and O–H groups in total. The molecule has 182 valence electrons. The van der Waals surface area contributed by atoms with Crippen molar-refractivity contribution in [3.8, 4) is 17.2 Å². The van der Waals surface area contributed by atoms with Crippen molar-refractivity contribution in [1.29, 1.82) is 0 Å². The fourth-order valence-electron chi connectivity index (χ4n) is 4.18. The Bertz CT molecular complexity index is 1140. The molecule has 0 unspecified atom stereocenters. The molecule has 1 fully saturated rings. The third-order valence-corrected chi connectivity index (χ3v) is 5.99. The maximum absolute atomic E-state index is 13.4. The Labute approximate surface area is 197 Å². The van der Waals surface area contributed by atoms with Crippen molar-refractivity contribution >= 4 is 17.4 Å². The van der Waals surface area contributed by atoms with Gasteiger partial charge in [-0.1, -0.05) is 20.8 Å². The Morgan fingerprint density at radius 3 is 2.41 bits per heavy atom. The van der Waals surface area contributed by atoms with Crippen LogP contribution in [0.1, 0.15) is 38.8 Å². The summed E-state index contributed by atoms with van der Waals surface area (Å²) in [5.74, 6) is 1.84. The van der Waals surface area contributed by atoms with Crippen molar-refractivity contribution in [2.45, 2.75) is 39.9 Å². The van der Waals surface area contributed by atoms with Crippen LogP contribution >= 0.6 is 0 Å². The lowest BCUT2D eigenvalue weighted by Gasteiger charge is -2.43. The molecule has 2 aliphatic rings. The van der Waals surface area contributed by atoms with E-state index >= 15 is 0 Å². The van der Waals surface area contributed by atoms with Crippen LogP contribution in [0.2, 0.25) is 0 Å². The number of carbonyl (C=O) groups excluding carboxylic acids is 1. The predicted octanol–water partition coefficient (Wildman–Crippen LogP) is 5.48. The quantitative estimate of drug-likeness (QED) is 0.548. The second-order valence-corrected chi connectivity index (χ2v) is 9.62. The van der Waals surface area contributed by atoms with E-state index in [4.69, 9.17) is 9.47 Å². The minimum atomic E-state index is -4.50. The molecule has 0 spiro atoms. The fraction of sp³-hybridized carbons (Fsp3) is 0.440. The third-order valence-electron chi connectivity index (χ3n) is 5.99. The number of amidine groups is 1. The summed E-state index contributed by atoms with van der Waals surface area (Å²) in [6.45, 7) is 9.07. The molecule has 0 bridgehead atoms. The summed E-state index contributed by atoms with van der Waals surface area (Å²) < 4.78 is 51.5. The largest absolute Gasteiger partial charge is 0.497 e. The molecule has 2 aliphatic heterocycles. The Morgan fingerprint density at radius 2 is 1.79 bits per heavy atom. The fourth-order valence-corrected chi connectivity index (χ4v) is 4.18. The van der Waals surface area contributed by atoms with Gasteiger partial charge in [0.05, 0.1) is 18.2 Å². The van der Waals surface area contributed by atoms with Crippen molar-refractivity contribution in [1.82, 2.24) is 9.80 Å². The summed E-state index contributed by atoms with van der Waals surface area (Å²) in [4.78, 5) is 21.4. The van der Waals surface area contributed by atoms with Crippen molar-refractivity contribution in [3.63, 3.8) is 0 Å². The van der Waals surface area contributed by atoms with E-state index in [0.717, 1.165) is 12.1 Å². The number of nitrogens with zero attached hydrogens (tertiary/aromatic N) is 3. The van der Waals surface area contributed by atoms with E-state index in [1.165, 1.54) is 6.07 Å². The van der Waals surface area contributed by atoms with Gasteiger partial charge in [-0.2, -0.15) is 13.2 Å². The molecule has 1 amide bonds. The van der Waals surface area contributed by atoms with Gasteiger partial charge in [-0.3, -0.25) is 4.79 Å². The van der Waals surface area contributed by atoms with E-state index in [-0.39, 0.29) is 23.4 Å². The van der Waals surface area contributed by atoms with E-state index in [1.807, 2.05) is 37.5 Å². The highest BCUT2D eigenvalue weighted by molar-refractivity contribution is 6.04. The minimum absolute atomic E-state index is 0.0630. The summed E-state index contributed by atoms with van der Waals surface area (Å²) in [6, 6.07) is 8.39. The van der Waals surface area contributed by atoms with E-state index in [2.05, 4.69) is 4.99 Å². The average Bonchev–Trinajstić information content (AvgIpc) is 2.93. The zero-order valence-electron chi connectivity index (χ0n) is 19.9. The molecule has 1 saturated heterocycles. The van der Waals surface area contributed by atoms with E-state index in [1.54, 1.807) is 25.3 Å². The highest BCUT2D eigenvalue weighted by Crippen LogP contribution is 2.42. The molecule has 2 heterocycles. The number of benzene rings is 2. The minimum Gasteiger partial charge on any atom is -0.497 e. The molecule has 9 heteroatoms. The lowest BCUT2D eigenvalue weighted by Crippen LogP contribution is -2.57. The molecule has 0 aliphatic carbocycles. The number of carbonyl (C=O) groups is 1. The summed E-state index contributed by atoms with van der Waals surface area (Å²) in [5, 5.41) is 0. The Morgan fingerprint density at radius 1 is 1.09 bits per heavy atom. The zero-order chi connectivity index (χ0) is 24.8. The number of piperazine rings is 1. The van der Waals surface area contributed by atoms with Gasteiger partial charge < -0.3 is 19.3 Å². The van der Waals surface area contributed by atoms with E-state index in [0.29, 0.717) is 42.5 Å². The van der Waals surface area contributed by atoms with E-state index in [9.17, 15) is 18.0 Å². The number of halogens is 3. The molecule has 6 nitrogen and oxygen atoms in total. The summed E-state index contributed by atoms with van der Waals surface area (Å²) >= 11 is 0. The predicted molar refractivity (Wildman–Crippen MR) is 123 cm³/mol. The summed E-state index contributed by atoms with van der Waals surface area (Å²) in [7, 11) is 1.54. The number of hydrogen-bond acceptors (Lipinski definition) is 5. The highest BCUT2D eigenvalue weighted by Gasteiger charge is 2.36. The van der Waals surface area contributed by atoms with Gasteiger partial charge in [-0.25, -0.2) is 4.99 Å². The third kappa shape index (κ3) is 4.56. The second kappa shape index (κ2) is 8.52. The van der Waals surface area contributed by atoms with Gasteiger partial charge >= 0.3 is 6.18 Å². The first-order valence-electron chi connectivity index (χ1n) is 11.1. The number of hydrogen-bond donors (Lipinski definition) is 0. The Kier molecular flexibility index (Phi) is 5.99. The van der Waals surface area contributed by atoms with Crippen LogP contribution < -0.4 is 9.47 Å². The molecule has 0 radical (unpaired) electrons. The van der Waals surface area contributed by atoms with Crippen molar-refractivity contribution in [2.75, 3.05) is 26.7 Å². The van der Waals surface area contributed by atoms with E-state index < -0.39 is 17.2 Å². The van der Waals surface area contributed by atoms with Crippen LogP contribution in [0.25, 0.3) is 0 Å². The van der Waals surface area contributed by atoms with Gasteiger partial charge in [0, 0.05) is 31.1 Å². The normalized spacial score (nSPS) is 18.4. The van der Waals surface area contributed by atoms with Crippen molar-refractivity contribution in [3.05, 3.63) is 47.5 Å². The smallest absolute Gasteiger partial charge is 0.416 e. The van der Waals surface area contributed by atoms with Gasteiger partial charge in [0.15, 0.2) is 5.75 Å². The molecule has 1 atom stereocenters. The van der Waals surface area contributed by atoms with Crippen LogP contribution in [0.15, 0.2) is 41.4 Å². The summed E-state index contributed by atoms with van der Waals surface area (Å²) in [6.07, 6.45) is -4.50. The Balaban J connectivity index is 1.77. The van der Waals surface area contributed by atoms with Crippen LogP contribution in [0, 0.1) is 5.41 Å². The monoisotopic (exact) mass is 475 g/mol. The number of ether oxygens (including phenoxy) is 2. The summed E-state index contributed by atoms with van der Waals surface area (Å²) in [5.41, 5.74) is -0.583. The number of fused-ring (bicyclic) bond motifs is 2. The lowest BCUT2D eigenvalue weighted by molar-refractivity contribution is -0.143. The highest BCUT2D eigenvalue weighted by atomic mass is 19.4. The van der Waals surface area contributed by atoms with Gasteiger partial charge in [-0.05, 0) is 43.3 Å². The SMILES string of the molecule is COc1ccc2c(c1)C(N1CCN(C(=O)C(C)(C)C)[C@@H](C)C1)=Nc1cc(C(F)(F)F)ccc1O2. The van der Waals surface area contributed by atoms with Crippen molar-refractivity contribution < 1.29 is 27.4 Å². The molecular formula is C25H28F3N3O3. The molecule has 4 rings (SSSR count). The van der Waals surface area contributed by atoms with Gasteiger partial charge in [0.1, 0.15) is 23.0 Å². The number of alkyl halides is 3. The van der Waals surface area contributed by atoms with Crippen LogP contribution in [0.5, 0.6) is 17.2 Å². The molecule has 2 aromatic carbocycles. The van der Waals surface area contributed by atoms with Gasteiger partial charge in [0.25, 0.3) is 0 Å². The van der Waals surface area contributed by atoms with Gasteiger partial charge in [-0.15, -0.1) is 0 Å². The number of rotatable bonds is 1. The van der Waals surface area contributed by atoms with Crippen LogP contribution in [-0.2, 0) is 11.0 Å². The van der Waals surface area contributed by atoms with Crippen LogP contribution in [0.4, 0.5) is 18.9 Å². The standard InChI is InChI=1S/C25H28F3N3O3/c1-15-14-30(10-11-31(15)23(32)24(2,3)4)22-18-13-17(33-5)7-9-20(18)34-21-8-6-16(25(26,27)28)12-19(21)29-22/h6-9,12-13,15H,10-11,14H2,1-5H3/t15-/m0/s1. The molecule has 0 saturated carbocycles. The lowest BCUT2D eigenvalue weighted by atomic mass is 9.93. The van der Waals surface area contributed by atoms with Crippen molar-refractivity contribution in [2.24, 2.45) is 10.4 Å². The molecule has 0 aromatic heterocycles. The molecule has 34 heavy (non-hydrogen) atoms. The second-order valence-electron chi connectivity index (χ2n) is 9.62. The number of methoxy groups -OCH3 is 1.